The van der Waals surface area contributed by atoms with E-state index >= 15 is 0 Å². The van der Waals surface area contributed by atoms with Gasteiger partial charge in [-0.2, -0.15) is 5.26 Å². The number of hydrogen-bond donors (Lipinski definition) is 0. The Labute approximate surface area is 126 Å². The van der Waals surface area contributed by atoms with Gasteiger partial charge in [0, 0.05) is 12.7 Å². The van der Waals surface area contributed by atoms with Crippen LogP contribution in [0.15, 0.2) is 42.6 Å². The van der Waals surface area contributed by atoms with Crippen LogP contribution in [0.3, 0.4) is 0 Å². The molecule has 0 saturated carbocycles. The van der Waals surface area contributed by atoms with Crippen molar-refractivity contribution in [1.82, 2.24) is 4.98 Å². The molecule has 21 heavy (non-hydrogen) atoms. The second-order valence-corrected chi connectivity index (χ2v) is 4.57. The van der Waals surface area contributed by atoms with E-state index in [-0.39, 0.29) is 29.4 Å². The number of benzene rings is 1. The highest BCUT2D eigenvalue weighted by molar-refractivity contribution is 6.29. The van der Waals surface area contributed by atoms with Gasteiger partial charge >= 0.3 is 0 Å². The zero-order valence-corrected chi connectivity index (χ0v) is 11.7. The van der Waals surface area contributed by atoms with Crippen molar-refractivity contribution in [2.24, 2.45) is 0 Å². The number of anilines is 1. The molecule has 0 aliphatic rings. The van der Waals surface area contributed by atoms with Crippen molar-refractivity contribution in [1.29, 1.82) is 5.26 Å². The van der Waals surface area contributed by atoms with Crippen LogP contribution in [0.25, 0.3) is 0 Å². The molecule has 0 spiro atoms. The lowest BCUT2D eigenvalue weighted by atomic mass is 10.2. The Morgan fingerprint density at radius 2 is 2.10 bits per heavy atom. The smallest absolute Gasteiger partial charge is 0.259 e. The van der Waals surface area contributed by atoms with Crippen LogP contribution >= 0.6 is 11.6 Å². The fraction of sp³-hybridized carbons (Fsp3) is 0.133. The van der Waals surface area contributed by atoms with Crippen molar-refractivity contribution in [3.63, 3.8) is 0 Å². The number of aromatic nitrogens is 1. The van der Waals surface area contributed by atoms with E-state index in [1.165, 1.54) is 41.4 Å². The van der Waals surface area contributed by atoms with E-state index < -0.39 is 11.7 Å². The first-order valence-corrected chi connectivity index (χ1v) is 6.56. The Bertz CT molecular complexity index is 682. The summed E-state index contributed by atoms with van der Waals surface area (Å²) in [5, 5.41) is 8.97. The van der Waals surface area contributed by atoms with Crippen LogP contribution in [-0.4, -0.2) is 17.4 Å². The molecule has 0 radical (unpaired) electrons. The summed E-state index contributed by atoms with van der Waals surface area (Å²) in [4.78, 5) is 17.5. The molecule has 0 aliphatic heterocycles. The lowest BCUT2D eigenvalue weighted by Crippen LogP contribution is -2.32. The summed E-state index contributed by atoms with van der Waals surface area (Å²) < 4.78 is 13.9. The summed E-state index contributed by atoms with van der Waals surface area (Å²) in [5.41, 5.74) is 0.410. The minimum atomic E-state index is -0.522. The quantitative estimate of drug-likeness (QED) is 0.813. The van der Waals surface area contributed by atoms with E-state index in [0.29, 0.717) is 0 Å². The van der Waals surface area contributed by atoms with Gasteiger partial charge in [0.05, 0.1) is 23.7 Å². The molecule has 0 aliphatic carbocycles. The van der Waals surface area contributed by atoms with Crippen LogP contribution < -0.4 is 4.90 Å². The van der Waals surface area contributed by atoms with Crippen molar-refractivity contribution < 1.29 is 9.18 Å². The van der Waals surface area contributed by atoms with Crippen LogP contribution in [0, 0.1) is 17.1 Å². The van der Waals surface area contributed by atoms with Crippen LogP contribution in [-0.2, 0) is 0 Å². The van der Waals surface area contributed by atoms with Gasteiger partial charge in [-0.1, -0.05) is 23.7 Å². The molecular formula is C15H11ClFN3O. The summed E-state index contributed by atoms with van der Waals surface area (Å²) >= 11 is 5.68. The summed E-state index contributed by atoms with van der Waals surface area (Å²) in [6.45, 7) is 0.0961. The third kappa shape index (κ3) is 3.56. The summed E-state index contributed by atoms with van der Waals surface area (Å²) in [6, 6.07) is 10.9. The van der Waals surface area contributed by atoms with E-state index in [9.17, 15) is 9.18 Å². The van der Waals surface area contributed by atoms with Gasteiger partial charge in [0.1, 0.15) is 11.0 Å². The van der Waals surface area contributed by atoms with Gasteiger partial charge in [0.25, 0.3) is 5.91 Å². The molecule has 0 unspecified atom stereocenters. The molecule has 1 heterocycles. The lowest BCUT2D eigenvalue weighted by Gasteiger charge is -2.22. The molecule has 0 fully saturated rings. The number of amides is 1. The van der Waals surface area contributed by atoms with Gasteiger partial charge in [0.15, 0.2) is 0 Å². The first-order valence-electron chi connectivity index (χ1n) is 6.18. The van der Waals surface area contributed by atoms with E-state index in [0.717, 1.165) is 0 Å². The first-order chi connectivity index (χ1) is 10.1. The van der Waals surface area contributed by atoms with Crippen molar-refractivity contribution in [3.8, 4) is 6.07 Å². The molecule has 0 saturated heterocycles. The summed E-state index contributed by atoms with van der Waals surface area (Å²) in [5.74, 6) is -0.953. The number of rotatable bonds is 4. The van der Waals surface area contributed by atoms with Crippen molar-refractivity contribution in [3.05, 3.63) is 59.1 Å². The number of nitriles is 1. The van der Waals surface area contributed by atoms with Crippen LogP contribution in [0.2, 0.25) is 5.15 Å². The fourth-order valence-corrected chi connectivity index (χ4v) is 1.93. The lowest BCUT2D eigenvalue weighted by molar-refractivity contribution is 0.0986. The average Bonchev–Trinajstić information content (AvgIpc) is 2.50. The van der Waals surface area contributed by atoms with Crippen molar-refractivity contribution >= 4 is 23.2 Å². The average molecular weight is 304 g/mol. The maximum Gasteiger partial charge on any atom is 0.259 e. The number of nitrogens with zero attached hydrogens (tertiary/aromatic N) is 3. The number of para-hydroxylation sites is 1. The molecule has 1 amide bonds. The highest BCUT2D eigenvalue weighted by Gasteiger charge is 2.20. The Morgan fingerprint density at radius 3 is 2.71 bits per heavy atom. The Kier molecular flexibility index (Phi) is 4.85. The largest absolute Gasteiger partial charge is 0.304 e. The van der Waals surface area contributed by atoms with Crippen LogP contribution in [0.5, 0.6) is 0 Å². The van der Waals surface area contributed by atoms with Gasteiger partial charge in [-0.05, 0) is 24.3 Å². The number of hydrogen-bond acceptors (Lipinski definition) is 3. The normalized spacial score (nSPS) is 9.95. The van der Waals surface area contributed by atoms with Gasteiger partial charge in [0.2, 0.25) is 0 Å². The molecule has 6 heteroatoms. The molecular weight excluding hydrogens is 293 g/mol. The predicted molar refractivity (Wildman–Crippen MR) is 77.6 cm³/mol. The molecule has 0 bridgehead atoms. The van der Waals surface area contributed by atoms with Crippen LogP contribution in [0.1, 0.15) is 16.8 Å². The molecule has 0 N–H and O–H groups in total. The third-order valence-corrected chi connectivity index (χ3v) is 3.03. The Balaban J connectivity index is 2.36. The fourth-order valence-electron chi connectivity index (χ4n) is 1.82. The topological polar surface area (TPSA) is 57.0 Å². The summed E-state index contributed by atoms with van der Waals surface area (Å²) in [7, 11) is 0. The maximum absolute atomic E-state index is 13.9. The monoisotopic (exact) mass is 303 g/mol. The maximum atomic E-state index is 13.9. The van der Waals surface area contributed by atoms with Gasteiger partial charge < -0.3 is 4.90 Å². The van der Waals surface area contributed by atoms with E-state index in [4.69, 9.17) is 16.9 Å². The minimum absolute atomic E-state index is 0.0961. The van der Waals surface area contributed by atoms with Gasteiger partial charge in [-0.25, -0.2) is 9.37 Å². The van der Waals surface area contributed by atoms with Crippen molar-refractivity contribution in [2.75, 3.05) is 11.4 Å². The van der Waals surface area contributed by atoms with Crippen LogP contribution in [0.4, 0.5) is 10.1 Å². The number of carbonyl (C=O) groups is 1. The van der Waals surface area contributed by atoms with E-state index in [1.807, 2.05) is 6.07 Å². The standard InChI is InChI=1S/C15H11ClFN3O/c16-14-7-6-11(10-19-14)15(21)20(9-3-8-18)13-5-2-1-4-12(13)17/h1-2,4-7,10H,3,9H2. The van der Waals surface area contributed by atoms with Gasteiger partial charge in [-0.3, -0.25) is 4.79 Å². The zero-order chi connectivity index (χ0) is 15.2. The first kappa shape index (κ1) is 14.9. The molecule has 2 aromatic rings. The SMILES string of the molecule is N#CCCN(C(=O)c1ccc(Cl)nc1)c1ccccc1F. The molecule has 1 aromatic carbocycles. The number of halogens is 2. The second-order valence-electron chi connectivity index (χ2n) is 4.19. The number of carbonyl (C=O) groups excluding carboxylic acids is 1. The predicted octanol–water partition coefficient (Wildman–Crippen LogP) is 3.43. The Morgan fingerprint density at radius 1 is 1.33 bits per heavy atom. The molecule has 2 rings (SSSR count). The highest BCUT2D eigenvalue weighted by Crippen LogP contribution is 2.21. The highest BCUT2D eigenvalue weighted by atomic mass is 35.5. The Hall–Kier alpha value is -2.45. The molecule has 4 nitrogen and oxygen atoms in total. The second kappa shape index (κ2) is 6.82. The zero-order valence-electron chi connectivity index (χ0n) is 11.0. The third-order valence-electron chi connectivity index (χ3n) is 2.81. The van der Waals surface area contributed by atoms with Crippen molar-refractivity contribution in [2.45, 2.75) is 6.42 Å². The summed E-state index contributed by atoms with van der Waals surface area (Å²) in [6.07, 6.45) is 1.42. The molecule has 1 aromatic heterocycles. The van der Waals surface area contributed by atoms with E-state index in [1.54, 1.807) is 6.07 Å². The molecule has 106 valence electrons. The minimum Gasteiger partial charge on any atom is -0.304 e. The number of pyridine rings is 1. The molecule has 0 atom stereocenters. The van der Waals surface area contributed by atoms with E-state index in [2.05, 4.69) is 4.98 Å². The van der Waals surface area contributed by atoms with Gasteiger partial charge in [-0.15, -0.1) is 0 Å².